The van der Waals surface area contributed by atoms with E-state index in [9.17, 15) is 0 Å². The van der Waals surface area contributed by atoms with Crippen molar-refractivity contribution in [1.82, 2.24) is 15.1 Å². The van der Waals surface area contributed by atoms with Gasteiger partial charge in [0.15, 0.2) is 0 Å². The van der Waals surface area contributed by atoms with Crippen LogP contribution >= 0.6 is 11.3 Å². The third-order valence-corrected chi connectivity index (χ3v) is 4.75. The standard InChI is InChI=1S/C14H19N3OS/c1-10-5-7-17(8-6-10)11(2)13-15-16-14(18-13)12-4-3-9-19-12/h3-4,9-11H,5-8H2,1-2H3/t11-/m1/s1. The lowest BCUT2D eigenvalue weighted by Gasteiger charge is -2.33. The average Bonchev–Trinajstić information content (AvgIpc) is 3.10. The smallest absolute Gasteiger partial charge is 0.257 e. The number of nitrogens with zero attached hydrogens (tertiary/aromatic N) is 3. The van der Waals surface area contributed by atoms with Gasteiger partial charge < -0.3 is 4.42 Å². The van der Waals surface area contributed by atoms with Gasteiger partial charge in [-0.2, -0.15) is 0 Å². The molecule has 0 N–H and O–H groups in total. The predicted octanol–water partition coefficient (Wildman–Crippen LogP) is 3.59. The Kier molecular flexibility index (Phi) is 3.66. The Morgan fingerprint density at radius 1 is 1.37 bits per heavy atom. The number of likely N-dealkylation sites (tertiary alicyclic amines) is 1. The Morgan fingerprint density at radius 3 is 2.84 bits per heavy atom. The summed E-state index contributed by atoms with van der Waals surface area (Å²) in [5.41, 5.74) is 0. The second kappa shape index (κ2) is 5.43. The first-order valence-corrected chi connectivity index (χ1v) is 7.73. The minimum atomic E-state index is 0.216. The van der Waals surface area contributed by atoms with Crippen molar-refractivity contribution in [3.8, 4) is 10.8 Å². The molecule has 102 valence electrons. The van der Waals surface area contributed by atoms with E-state index in [0.29, 0.717) is 5.89 Å². The summed E-state index contributed by atoms with van der Waals surface area (Å²) in [4.78, 5) is 3.48. The summed E-state index contributed by atoms with van der Waals surface area (Å²) in [6, 6.07) is 4.22. The molecule has 0 radical (unpaired) electrons. The second-order valence-corrected chi connectivity index (χ2v) is 6.26. The Morgan fingerprint density at radius 2 is 2.16 bits per heavy atom. The van der Waals surface area contributed by atoms with Crippen LogP contribution in [-0.4, -0.2) is 28.2 Å². The SMILES string of the molecule is CC1CCN([C@H](C)c2nnc(-c3cccs3)o2)CC1. The quantitative estimate of drug-likeness (QED) is 0.859. The van der Waals surface area contributed by atoms with Gasteiger partial charge in [0.1, 0.15) is 0 Å². The monoisotopic (exact) mass is 277 g/mol. The number of piperidine rings is 1. The number of rotatable bonds is 3. The van der Waals surface area contributed by atoms with Crippen LogP contribution in [0.2, 0.25) is 0 Å². The first kappa shape index (κ1) is 12.8. The first-order valence-electron chi connectivity index (χ1n) is 6.85. The van der Waals surface area contributed by atoms with E-state index in [4.69, 9.17) is 4.42 Å². The van der Waals surface area contributed by atoms with Crippen molar-refractivity contribution in [2.45, 2.75) is 32.7 Å². The molecule has 0 aromatic carbocycles. The Hall–Kier alpha value is -1.20. The van der Waals surface area contributed by atoms with Gasteiger partial charge in [0, 0.05) is 0 Å². The fourth-order valence-corrected chi connectivity index (χ4v) is 3.12. The highest BCUT2D eigenvalue weighted by Crippen LogP contribution is 2.29. The molecule has 0 spiro atoms. The Labute approximate surface area is 117 Å². The van der Waals surface area contributed by atoms with Crippen LogP contribution in [0.3, 0.4) is 0 Å². The lowest BCUT2D eigenvalue weighted by molar-refractivity contribution is 0.130. The van der Waals surface area contributed by atoms with Crippen LogP contribution in [0.25, 0.3) is 10.8 Å². The summed E-state index contributed by atoms with van der Waals surface area (Å²) in [5, 5.41) is 10.4. The molecule has 1 fully saturated rings. The molecular formula is C14H19N3OS. The third kappa shape index (κ3) is 2.72. The maximum absolute atomic E-state index is 5.82. The van der Waals surface area contributed by atoms with Gasteiger partial charge in [-0.05, 0) is 50.2 Å². The first-order chi connectivity index (χ1) is 9.24. The van der Waals surface area contributed by atoms with Crippen LogP contribution in [0.1, 0.15) is 38.6 Å². The summed E-state index contributed by atoms with van der Waals surface area (Å²) < 4.78 is 5.82. The fraction of sp³-hybridized carbons (Fsp3) is 0.571. The number of hydrogen-bond acceptors (Lipinski definition) is 5. The Bertz CT molecular complexity index is 515. The van der Waals surface area contributed by atoms with E-state index in [2.05, 4.69) is 28.9 Å². The normalized spacial score (nSPS) is 19.7. The lowest BCUT2D eigenvalue weighted by Crippen LogP contribution is -2.35. The zero-order valence-electron chi connectivity index (χ0n) is 11.4. The van der Waals surface area contributed by atoms with Gasteiger partial charge in [0.05, 0.1) is 10.9 Å². The van der Waals surface area contributed by atoms with Gasteiger partial charge in [-0.1, -0.05) is 13.0 Å². The summed E-state index contributed by atoms with van der Waals surface area (Å²) in [5.74, 6) is 2.22. The van der Waals surface area contributed by atoms with Gasteiger partial charge in [0.2, 0.25) is 5.89 Å². The maximum Gasteiger partial charge on any atom is 0.257 e. The zero-order chi connectivity index (χ0) is 13.2. The zero-order valence-corrected chi connectivity index (χ0v) is 12.2. The topological polar surface area (TPSA) is 42.2 Å². The van der Waals surface area contributed by atoms with Crippen LogP contribution in [-0.2, 0) is 0 Å². The fourth-order valence-electron chi connectivity index (χ4n) is 2.48. The van der Waals surface area contributed by atoms with Crippen LogP contribution < -0.4 is 0 Å². The number of thiophene rings is 1. The van der Waals surface area contributed by atoms with Gasteiger partial charge in [-0.25, -0.2) is 0 Å². The average molecular weight is 277 g/mol. The molecule has 1 saturated heterocycles. The van der Waals surface area contributed by atoms with Crippen molar-refractivity contribution in [1.29, 1.82) is 0 Å². The van der Waals surface area contributed by atoms with Gasteiger partial charge in [0.25, 0.3) is 5.89 Å². The molecule has 1 atom stereocenters. The lowest BCUT2D eigenvalue weighted by atomic mass is 9.98. The molecule has 2 aromatic rings. The minimum Gasteiger partial charge on any atom is -0.418 e. The second-order valence-electron chi connectivity index (χ2n) is 5.32. The highest BCUT2D eigenvalue weighted by Gasteiger charge is 2.25. The van der Waals surface area contributed by atoms with E-state index < -0.39 is 0 Å². The molecule has 1 aliphatic heterocycles. The van der Waals surface area contributed by atoms with Crippen molar-refractivity contribution >= 4 is 11.3 Å². The summed E-state index contributed by atoms with van der Waals surface area (Å²) >= 11 is 1.63. The largest absolute Gasteiger partial charge is 0.418 e. The van der Waals surface area contributed by atoms with Gasteiger partial charge in [-0.3, -0.25) is 4.90 Å². The number of aromatic nitrogens is 2. The summed E-state index contributed by atoms with van der Waals surface area (Å²) in [7, 11) is 0. The molecule has 0 saturated carbocycles. The van der Waals surface area contributed by atoms with E-state index in [1.165, 1.54) is 12.8 Å². The maximum atomic E-state index is 5.82. The molecule has 5 heteroatoms. The van der Waals surface area contributed by atoms with Crippen LogP contribution in [0.15, 0.2) is 21.9 Å². The van der Waals surface area contributed by atoms with Crippen molar-refractivity contribution in [2.75, 3.05) is 13.1 Å². The molecule has 0 unspecified atom stereocenters. The van der Waals surface area contributed by atoms with Crippen molar-refractivity contribution < 1.29 is 4.42 Å². The summed E-state index contributed by atoms with van der Waals surface area (Å²) in [6.45, 7) is 6.73. The molecule has 4 nitrogen and oxygen atoms in total. The van der Waals surface area contributed by atoms with E-state index in [1.807, 2.05) is 17.5 Å². The molecule has 19 heavy (non-hydrogen) atoms. The van der Waals surface area contributed by atoms with E-state index in [0.717, 1.165) is 29.8 Å². The van der Waals surface area contributed by atoms with Crippen molar-refractivity contribution in [2.24, 2.45) is 5.92 Å². The third-order valence-electron chi connectivity index (χ3n) is 3.90. The predicted molar refractivity (Wildman–Crippen MR) is 76.0 cm³/mol. The van der Waals surface area contributed by atoms with Crippen LogP contribution in [0.4, 0.5) is 0 Å². The molecule has 1 aliphatic rings. The molecule has 0 bridgehead atoms. The highest BCUT2D eigenvalue weighted by atomic mass is 32.1. The molecule has 0 aliphatic carbocycles. The molecule has 0 amide bonds. The van der Waals surface area contributed by atoms with E-state index in [-0.39, 0.29) is 6.04 Å². The van der Waals surface area contributed by atoms with E-state index in [1.54, 1.807) is 11.3 Å². The molecular weight excluding hydrogens is 258 g/mol. The minimum absolute atomic E-state index is 0.216. The van der Waals surface area contributed by atoms with Gasteiger partial charge >= 0.3 is 0 Å². The number of hydrogen-bond donors (Lipinski definition) is 0. The summed E-state index contributed by atoms with van der Waals surface area (Å²) in [6.07, 6.45) is 2.52. The van der Waals surface area contributed by atoms with E-state index >= 15 is 0 Å². The molecule has 3 rings (SSSR count). The van der Waals surface area contributed by atoms with Crippen molar-refractivity contribution in [3.63, 3.8) is 0 Å². The molecule has 3 heterocycles. The Balaban J connectivity index is 1.72. The highest BCUT2D eigenvalue weighted by molar-refractivity contribution is 7.13. The van der Waals surface area contributed by atoms with Crippen LogP contribution in [0.5, 0.6) is 0 Å². The van der Waals surface area contributed by atoms with Gasteiger partial charge in [-0.15, -0.1) is 21.5 Å². The van der Waals surface area contributed by atoms with Crippen LogP contribution in [0, 0.1) is 5.92 Å². The van der Waals surface area contributed by atoms with Crippen molar-refractivity contribution in [3.05, 3.63) is 23.4 Å². The molecule has 2 aromatic heterocycles.